The second-order valence-electron chi connectivity index (χ2n) is 7.74. The average Bonchev–Trinajstić information content (AvgIpc) is 2.85. The monoisotopic (exact) mass is 466 g/mol. The molecule has 0 N–H and O–H groups in total. The number of rotatable bonds is 7. The summed E-state index contributed by atoms with van der Waals surface area (Å²) in [4.78, 5) is 16.9. The van der Waals surface area contributed by atoms with Gasteiger partial charge >= 0.3 is 0 Å². The lowest BCUT2D eigenvalue weighted by atomic mass is 10.1. The molecule has 0 radical (unpaired) electrons. The van der Waals surface area contributed by atoms with E-state index in [9.17, 15) is 4.79 Å². The number of hydrogen-bond acceptors (Lipinski definition) is 6. The van der Waals surface area contributed by atoms with Crippen LogP contribution in [0.1, 0.15) is 13.8 Å². The van der Waals surface area contributed by atoms with Crippen LogP contribution in [0.4, 0.5) is 5.82 Å². The molecule has 1 amide bonds. The normalized spacial score (nSPS) is 14.6. The van der Waals surface area contributed by atoms with Crippen molar-refractivity contribution in [2.24, 2.45) is 0 Å². The van der Waals surface area contributed by atoms with Crippen molar-refractivity contribution in [2.75, 3.05) is 37.7 Å². The molecule has 1 aliphatic heterocycles. The average molecular weight is 467 g/mol. The molecule has 172 valence electrons. The van der Waals surface area contributed by atoms with Crippen molar-refractivity contribution in [3.8, 4) is 22.8 Å². The molecular weight excluding hydrogens is 440 g/mol. The second-order valence-corrected chi connectivity index (χ2v) is 8.14. The van der Waals surface area contributed by atoms with E-state index >= 15 is 0 Å². The van der Waals surface area contributed by atoms with Crippen LogP contribution < -0.4 is 14.4 Å². The lowest BCUT2D eigenvalue weighted by Gasteiger charge is -2.36. The van der Waals surface area contributed by atoms with E-state index in [1.54, 1.807) is 13.0 Å². The molecule has 1 saturated heterocycles. The van der Waals surface area contributed by atoms with E-state index in [-0.39, 0.29) is 5.91 Å². The van der Waals surface area contributed by atoms with Crippen LogP contribution >= 0.6 is 11.6 Å². The molecule has 0 bridgehead atoms. The molecule has 2 aromatic carbocycles. The van der Waals surface area contributed by atoms with Crippen molar-refractivity contribution in [3.63, 3.8) is 0 Å². The van der Waals surface area contributed by atoms with Gasteiger partial charge in [0.1, 0.15) is 11.5 Å². The summed E-state index contributed by atoms with van der Waals surface area (Å²) in [6.07, 6.45) is -0.580. The molecule has 1 aliphatic rings. The van der Waals surface area contributed by atoms with Crippen LogP contribution in [0, 0.1) is 0 Å². The van der Waals surface area contributed by atoms with Crippen LogP contribution in [0.5, 0.6) is 11.5 Å². The first-order valence-corrected chi connectivity index (χ1v) is 11.4. The van der Waals surface area contributed by atoms with Crippen LogP contribution in [-0.2, 0) is 4.79 Å². The highest BCUT2D eigenvalue weighted by atomic mass is 35.5. The van der Waals surface area contributed by atoms with Crippen molar-refractivity contribution in [2.45, 2.75) is 20.0 Å². The number of anilines is 1. The standard InChI is InChI=1S/C25H27ClN4O3/c1-3-32-19-7-6-8-20(17-19)33-18(2)25(31)30-15-13-29(14-16-30)24-12-11-23(27-28-24)21-9-4-5-10-22(21)26/h4-12,17-18H,3,13-16H2,1-2H3. The maximum absolute atomic E-state index is 12.9. The molecule has 3 aromatic rings. The Morgan fingerprint density at radius 2 is 1.76 bits per heavy atom. The molecule has 0 saturated carbocycles. The molecule has 1 unspecified atom stereocenters. The van der Waals surface area contributed by atoms with Gasteiger partial charge in [-0.3, -0.25) is 4.79 Å². The first kappa shape index (κ1) is 22.9. The van der Waals surface area contributed by atoms with Gasteiger partial charge in [0, 0.05) is 37.8 Å². The molecule has 7 nitrogen and oxygen atoms in total. The number of hydrogen-bond donors (Lipinski definition) is 0. The fourth-order valence-corrected chi connectivity index (χ4v) is 4.01. The number of piperazine rings is 1. The van der Waals surface area contributed by atoms with Crippen LogP contribution in [0.15, 0.2) is 60.7 Å². The van der Waals surface area contributed by atoms with Gasteiger partial charge in [-0.1, -0.05) is 35.9 Å². The van der Waals surface area contributed by atoms with Gasteiger partial charge < -0.3 is 19.3 Å². The Morgan fingerprint density at radius 1 is 1.00 bits per heavy atom. The Labute approximate surface area is 198 Å². The fraction of sp³-hybridized carbons (Fsp3) is 0.320. The predicted octanol–water partition coefficient (Wildman–Crippen LogP) is 4.31. The van der Waals surface area contributed by atoms with E-state index in [0.717, 1.165) is 22.8 Å². The van der Waals surface area contributed by atoms with Gasteiger partial charge in [-0.2, -0.15) is 0 Å². The first-order chi connectivity index (χ1) is 16.0. The van der Waals surface area contributed by atoms with Crippen LogP contribution in [0.2, 0.25) is 5.02 Å². The van der Waals surface area contributed by atoms with Crippen LogP contribution in [0.3, 0.4) is 0 Å². The molecule has 0 aliphatic carbocycles. The van der Waals surface area contributed by atoms with E-state index in [1.807, 2.05) is 66.4 Å². The third-order valence-corrected chi connectivity index (χ3v) is 5.82. The minimum absolute atomic E-state index is 0.0309. The maximum Gasteiger partial charge on any atom is 0.263 e. The molecule has 33 heavy (non-hydrogen) atoms. The van der Waals surface area contributed by atoms with Crippen molar-refractivity contribution in [1.29, 1.82) is 0 Å². The topological polar surface area (TPSA) is 67.8 Å². The highest BCUT2D eigenvalue weighted by Gasteiger charge is 2.27. The Balaban J connectivity index is 1.32. The SMILES string of the molecule is CCOc1cccc(OC(C)C(=O)N2CCN(c3ccc(-c4ccccc4Cl)nn3)CC2)c1. The second kappa shape index (κ2) is 10.5. The number of aromatic nitrogens is 2. The Morgan fingerprint density at radius 3 is 2.45 bits per heavy atom. The third kappa shape index (κ3) is 5.54. The summed E-state index contributed by atoms with van der Waals surface area (Å²) in [6.45, 7) is 6.84. The zero-order valence-electron chi connectivity index (χ0n) is 18.8. The number of nitrogens with zero attached hydrogens (tertiary/aromatic N) is 4. The highest BCUT2D eigenvalue weighted by molar-refractivity contribution is 6.33. The Bertz CT molecular complexity index is 1090. The molecule has 4 rings (SSSR count). The first-order valence-electron chi connectivity index (χ1n) is 11.1. The number of carbonyl (C=O) groups is 1. The van der Waals surface area contributed by atoms with Crippen molar-refractivity contribution in [3.05, 3.63) is 65.7 Å². The largest absolute Gasteiger partial charge is 0.494 e. The molecule has 8 heteroatoms. The molecule has 1 fully saturated rings. The minimum atomic E-state index is -0.580. The van der Waals surface area contributed by atoms with E-state index in [1.165, 1.54) is 0 Å². The number of ether oxygens (including phenoxy) is 2. The van der Waals surface area contributed by atoms with Gasteiger partial charge in [0.2, 0.25) is 0 Å². The molecule has 1 atom stereocenters. The van der Waals surface area contributed by atoms with E-state index in [2.05, 4.69) is 15.1 Å². The van der Waals surface area contributed by atoms with Gasteiger partial charge in [-0.05, 0) is 44.2 Å². The summed E-state index contributed by atoms with van der Waals surface area (Å²) in [6, 6.07) is 18.8. The zero-order valence-corrected chi connectivity index (χ0v) is 19.5. The lowest BCUT2D eigenvalue weighted by Crippen LogP contribution is -2.52. The Hall–Kier alpha value is -3.32. The molecular formula is C25H27ClN4O3. The van der Waals surface area contributed by atoms with E-state index in [4.69, 9.17) is 21.1 Å². The molecule has 1 aromatic heterocycles. The van der Waals surface area contributed by atoms with Crippen molar-refractivity contribution in [1.82, 2.24) is 15.1 Å². The highest BCUT2D eigenvalue weighted by Crippen LogP contribution is 2.26. The molecule has 2 heterocycles. The van der Waals surface area contributed by atoms with Crippen LogP contribution in [-0.4, -0.2) is 59.9 Å². The summed E-state index contributed by atoms with van der Waals surface area (Å²) < 4.78 is 11.4. The fourth-order valence-electron chi connectivity index (χ4n) is 3.78. The third-order valence-electron chi connectivity index (χ3n) is 5.49. The van der Waals surface area contributed by atoms with E-state index < -0.39 is 6.10 Å². The summed E-state index contributed by atoms with van der Waals surface area (Å²) in [5, 5.41) is 9.37. The zero-order chi connectivity index (χ0) is 23.2. The van der Waals surface area contributed by atoms with E-state index in [0.29, 0.717) is 43.6 Å². The number of carbonyl (C=O) groups excluding carboxylic acids is 1. The Kier molecular flexibility index (Phi) is 7.29. The minimum Gasteiger partial charge on any atom is -0.494 e. The number of halogens is 1. The van der Waals surface area contributed by atoms with Gasteiger partial charge in [-0.25, -0.2) is 0 Å². The smallest absolute Gasteiger partial charge is 0.263 e. The predicted molar refractivity (Wildman–Crippen MR) is 129 cm³/mol. The van der Waals surface area contributed by atoms with Gasteiger partial charge in [0.15, 0.2) is 11.9 Å². The van der Waals surface area contributed by atoms with Gasteiger partial charge in [0.05, 0.1) is 17.3 Å². The summed E-state index contributed by atoms with van der Waals surface area (Å²) in [5.41, 5.74) is 1.59. The summed E-state index contributed by atoms with van der Waals surface area (Å²) in [7, 11) is 0. The number of benzene rings is 2. The molecule has 0 spiro atoms. The quantitative estimate of drug-likeness (QED) is 0.516. The summed E-state index contributed by atoms with van der Waals surface area (Å²) in [5.74, 6) is 2.10. The van der Waals surface area contributed by atoms with Crippen LogP contribution in [0.25, 0.3) is 11.3 Å². The van der Waals surface area contributed by atoms with Crippen molar-refractivity contribution >= 4 is 23.3 Å². The van der Waals surface area contributed by atoms with Gasteiger partial charge in [0.25, 0.3) is 5.91 Å². The lowest BCUT2D eigenvalue weighted by molar-refractivity contribution is -0.138. The maximum atomic E-state index is 12.9. The number of amides is 1. The van der Waals surface area contributed by atoms with Gasteiger partial charge in [-0.15, -0.1) is 10.2 Å². The van der Waals surface area contributed by atoms with Crippen molar-refractivity contribution < 1.29 is 14.3 Å². The summed E-state index contributed by atoms with van der Waals surface area (Å²) >= 11 is 6.26.